The summed E-state index contributed by atoms with van der Waals surface area (Å²) in [6, 6.07) is 54.3. The number of benzene rings is 8. The Hall–Kier alpha value is -9.62. The molecule has 8 aromatic rings. The van der Waals surface area contributed by atoms with Crippen molar-refractivity contribution in [2.24, 2.45) is 0 Å². The van der Waals surface area contributed by atoms with Gasteiger partial charge < -0.3 is 33.2 Å². The van der Waals surface area contributed by atoms with Crippen molar-refractivity contribution in [3.8, 4) is 34.5 Å². The first-order valence-corrected chi connectivity index (χ1v) is 21.8. The maximum atomic E-state index is 14.1. The highest BCUT2D eigenvalue weighted by molar-refractivity contribution is 5.95. The molecule has 2 atom stereocenters. The zero-order valence-electron chi connectivity index (χ0n) is 36.8. The second-order valence-electron chi connectivity index (χ2n) is 15.6. The van der Waals surface area contributed by atoms with Crippen LogP contribution in [0.3, 0.4) is 0 Å². The van der Waals surface area contributed by atoms with E-state index in [4.69, 9.17) is 33.2 Å². The SMILES string of the molecule is O=C(Oc1ccc(C(=O)O[C@@H]2Cc3c(OC(=O)c4ccccc4)cc(OC(=O)c4ccccc4)cc3O[C@@H]2c2ccc(OC(=O)c3ccccc3)c(OC(=O)c3ccccc3)c2)cc1)c1ccccc1. The summed E-state index contributed by atoms with van der Waals surface area (Å²) in [5.74, 6) is -4.40. The highest BCUT2D eigenvalue weighted by Crippen LogP contribution is 2.45. The number of rotatable bonds is 13. The van der Waals surface area contributed by atoms with Gasteiger partial charge in [0, 0.05) is 29.7 Å². The summed E-state index contributed by atoms with van der Waals surface area (Å²) in [5, 5.41) is 0. The van der Waals surface area contributed by atoms with Gasteiger partial charge in [0.1, 0.15) is 29.1 Å². The van der Waals surface area contributed by atoms with Gasteiger partial charge in [-0.1, -0.05) is 97.1 Å². The molecule has 0 bridgehead atoms. The number of carbonyl (C=O) groups is 6. The number of esters is 6. The lowest BCUT2D eigenvalue weighted by atomic mass is 9.93. The minimum atomic E-state index is -1.20. The summed E-state index contributed by atoms with van der Waals surface area (Å²) in [6.07, 6.45) is -2.53. The zero-order chi connectivity index (χ0) is 48.4. The average molecular weight is 931 g/mol. The molecule has 0 spiro atoms. The average Bonchev–Trinajstić information content (AvgIpc) is 3.40. The molecule has 13 nitrogen and oxygen atoms in total. The summed E-state index contributed by atoms with van der Waals surface area (Å²) in [6.45, 7) is 0. The van der Waals surface area contributed by atoms with E-state index >= 15 is 0 Å². The van der Waals surface area contributed by atoms with E-state index in [0.717, 1.165) is 0 Å². The molecule has 1 heterocycles. The minimum absolute atomic E-state index is 0.0358. The van der Waals surface area contributed by atoms with Crippen LogP contribution in [0, 0.1) is 0 Å². The molecule has 0 saturated carbocycles. The van der Waals surface area contributed by atoms with Crippen LogP contribution >= 0.6 is 0 Å². The van der Waals surface area contributed by atoms with Gasteiger partial charge in [-0.15, -0.1) is 0 Å². The molecule has 8 aromatic carbocycles. The van der Waals surface area contributed by atoms with Crippen LogP contribution in [0.4, 0.5) is 0 Å². The van der Waals surface area contributed by atoms with Gasteiger partial charge in [0.2, 0.25) is 0 Å². The number of hydrogen-bond donors (Lipinski definition) is 0. The first-order chi connectivity index (χ1) is 34.1. The van der Waals surface area contributed by atoms with Gasteiger partial charge in [0.25, 0.3) is 0 Å². The van der Waals surface area contributed by atoms with Crippen molar-refractivity contribution in [3.05, 3.63) is 251 Å². The third kappa shape index (κ3) is 10.8. The van der Waals surface area contributed by atoms with E-state index in [2.05, 4.69) is 0 Å². The van der Waals surface area contributed by atoms with Gasteiger partial charge >= 0.3 is 35.8 Å². The molecule has 1 aliphatic heterocycles. The summed E-state index contributed by atoms with van der Waals surface area (Å²) in [7, 11) is 0. The van der Waals surface area contributed by atoms with E-state index < -0.39 is 48.0 Å². The Labute approximate surface area is 400 Å². The topological polar surface area (TPSA) is 167 Å². The van der Waals surface area contributed by atoms with E-state index in [1.807, 2.05) is 0 Å². The van der Waals surface area contributed by atoms with Crippen LogP contribution in [0.2, 0.25) is 0 Å². The standard InChI is InChI=1S/C57H38O13/c58-52(36-16-6-1-7-17-36)64-43-29-26-41(27-30-43)57(63)70-50-35-45-47(33-44(65-53(59)37-18-8-2-9-19-37)34-48(45)68-55(61)39-22-12-4-13-23-39)66-51(50)42-28-31-46(67-54(60)38-20-10-3-11-21-38)49(32-42)69-56(62)40-24-14-5-15-25-40/h1-34,50-51H,35H2/t50-,51-/m1/s1. The molecule has 0 unspecified atom stereocenters. The van der Waals surface area contributed by atoms with Gasteiger partial charge in [0.05, 0.1) is 33.4 Å². The smallest absolute Gasteiger partial charge is 0.343 e. The lowest BCUT2D eigenvalue weighted by molar-refractivity contribution is -0.0189. The molecule has 0 N–H and O–H groups in total. The van der Waals surface area contributed by atoms with Crippen LogP contribution in [-0.4, -0.2) is 41.9 Å². The highest BCUT2D eigenvalue weighted by Gasteiger charge is 2.38. The van der Waals surface area contributed by atoms with E-state index in [9.17, 15) is 28.8 Å². The third-order valence-electron chi connectivity index (χ3n) is 10.9. The van der Waals surface area contributed by atoms with Crippen LogP contribution < -0.4 is 28.4 Å². The molecule has 0 saturated heterocycles. The third-order valence-corrected chi connectivity index (χ3v) is 10.9. The Bertz CT molecular complexity index is 3200. The predicted octanol–water partition coefficient (Wildman–Crippen LogP) is 10.7. The van der Waals surface area contributed by atoms with Crippen LogP contribution in [0.1, 0.15) is 79.4 Å². The first kappa shape index (κ1) is 45.5. The van der Waals surface area contributed by atoms with Crippen LogP contribution in [0.15, 0.2) is 206 Å². The van der Waals surface area contributed by atoms with Crippen molar-refractivity contribution in [2.75, 3.05) is 0 Å². The van der Waals surface area contributed by atoms with Crippen molar-refractivity contribution in [3.63, 3.8) is 0 Å². The van der Waals surface area contributed by atoms with E-state index in [1.54, 1.807) is 158 Å². The van der Waals surface area contributed by atoms with Crippen LogP contribution in [-0.2, 0) is 11.2 Å². The normalized spacial score (nSPS) is 13.5. The van der Waals surface area contributed by atoms with Crippen molar-refractivity contribution in [2.45, 2.75) is 18.6 Å². The molecular formula is C57H38O13. The van der Waals surface area contributed by atoms with E-state index in [-0.39, 0.29) is 79.9 Å². The molecule has 0 aromatic heterocycles. The highest BCUT2D eigenvalue weighted by atomic mass is 16.6. The van der Waals surface area contributed by atoms with Gasteiger partial charge in [-0.25, -0.2) is 28.8 Å². The Balaban J connectivity index is 1.10. The fraction of sp³-hybridized carbons (Fsp3) is 0.0526. The molecule has 70 heavy (non-hydrogen) atoms. The van der Waals surface area contributed by atoms with Crippen molar-refractivity contribution in [1.29, 1.82) is 0 Å². The van der Waals surface area contributed by atoms with E-state index in [0.29, 0.717) is 5.56 Å². The molecule has 344 valence electrons. The summed E-state index contributed by atoms with van der Waals surface area (Å²) < 4.78 is 41.9. The van der Waals surface area contributed by atoms with Gasteiger partial charge in [-0.2, -0.15) is 0 Å². The van der Waals surface area contributed by atoms with E-state index in [1.165, 1.54) is 48.5 Å². The Morgan fingerprint density at radius 1 is 0.357 bits per heavy atom. The largest absolute Gasteiger partial charge is 0.481 e. The van der Waals surface area contributed by atoms with Gasteiger partial charge in [0.15, 0.2) is 17.6 Å². The van der Waals surface area contributed by atoms with Gasteiger partial charge in [-0.3, -0.25) is 0 Å². The maximum Gasteiger partial charge on any atom is 0.343 e. The second kappa shape index (κ2) is 20.9. The summed E-state index contributed by atoms with van der Waals surface area (Å²) in [5.41, 5.74) is 1.92. The monoisotopic (exact) mass is 930 g/mol. The first-order valence-electron chi connectivity index (χ1n) is 21.8. The number of hydrogen-bond acceptors (Lipinski definition) is 13. The Morgan fingerprint density at radius 2 is 0.757 bits per heavy atom. The fourth-order valence-corrected chi connectivity index (χ4v) is 7.37. The molecule has 0 radical (unpaired) electrons. The van der Waals surface area contributed by atoms with Crippen LogP contribution in [0.25, 0.3) is 0 Å². The molecule has 13 heteroatoms. The molecule has 0 aliphatic carbocycles. The maximum absolute atomic E-state index is 14.1. The molecular weight excluding hydrogens is 893 g/mol. The van der Waals surface area contributed by atoms with Crippen molar-refractivity contribution < 1.29 is 61.9 Å². The molecule has 0 amide bonds. The molecule has 1 aliphatic rings. The Morgan fingerprint density at radius 3 is 1.23 bits per heavy atom. The molecule has 9 rings (SSSR count). The van der Waals surface area contributed by atoms with Gasteiger partial charge in [-0.05, 0) is 97.1 Å². The minimum Gasteiger partial charge on any atom is -0.481 e. The quantitative estimate of drug-likeness (QED) is 0.0792. The predicted molar refractivity (Wildman–Crippen MR) is 253 cm³/mol. The van der Waals surface area contributed by atoms with Crippen molar-refractivity contribution >= 4 is 35.8 Å². The summed E-state index contributed by atoms with van der Waals surface area (Å²) >= 11 is 0. The molecule has 0 fully saturated rings. The number of ether oxygens (including phenoxy) is 7. The number of carbonyl (C=O) groups excluding carboxylic acids is 6. The summed E-state index contributed by atoms with van der Waals surface area (Å²) in [4.78, 5) is 80.8. The number of fused-ring (bicyclic) bond motifs is 1. The Kier molecular flexibility index (Phi) is 13.6. The zero-order valence-corrected chi connectivity index (χ0v) is 36.8. The fourth-order valence-electron chi connectivity index (χ4n) is 7.37. The lowest BCUT2D eigenvalue weighted by Crippen LogP contribution is -2.35. The lowest BCUT2D eigenvalue weighted by Gasteiger charge is -2.34. The van der Waals surface area contributed by atoms with Crippen molar-refractivity contribution in [1.82, 2.24) is 0 Å². The van der Waals surface area contributed by atoms with Crippen LogP contribution in [0.5, 0.6) is 34.5 Å². The second-order valence-corrected chi connectivity index (χ2v) is 15.6.